The standard InChI is InChI=1S/C19H27N3O6/c1-20-17(24)7-8-21-18(25)11-15-3-5-16(6-4-15)12-22-19(26)13-27-9-2-10-28-14-23/h3-6,14H,2,7-13H2,1H3,(H,20,24)(H,21,25)(H,22,26). The summed E-state index contributed by atoms with van der Waals surface area (Å²) in [6, 6.07) is 7.32. The van der Waals surface area contributed by atoms with Crippen molar-refractivity contribution >= 4 is 24.2 Å². The molecule has 0 heterocycles. The highest BCUT2D eigenvalue weighted by atomic mass is 16.5. The van der Waals surface area contributed by atoms with Gasteiger partial charge in [-0.2, -0.15) is 0 Å². The highest BCUT2D eigenvalue weighted by Gasteiger charge is 2.06. The van der Waals surface area contributed by atoms with Gasteiger partial charge in [0.1, 0.15) is 6.61 Å². The second-order valence-corrected chi connectivity index (χ2v) is 5.92. The van der Waals surface area contributed by atoms with Crippen molar-refractivity contribution < 1.29 is 28.7 Å². The summed E-state index contributed by atoms with van der Waals surface area (Å²) in [7, 11) is 1.55. The number of ether oxygens (including phenoxy) is 2. The minimum atomic E-state index is -0.240. The number of carbonyl (C=O) groups excluding carboxylic acids is 4. The maximum Gasteiger partial charge on any atom is 0.293 e. The van der Waals surface area contributed by atoms with Crippen LogP contribution in [0, 0.1) is 0 Å². The van der Waals surface area contributed by atoms with Gasteiger partial charge >= 0.3 is 0 Å². The summed E-state index contributed by atoms with van der Waals surface area (Å²) in [4.78, 5) is 44.6. The van der Waals surface area contributed by atoms with Gasteiger partial charge in [0.2, 0.25) is 17.7 Å². The molecular weight excluding hydrogens is 366 g/mol. The normalized spacial score (nSPS) is 10.0. The second-order valence-electron chi connectivity index (χ2n) is 5.92. The highest BCUT2D eigenvalue weighted by molar-refractivity contribution is 5.80. The number of carbonyl (C=O) groups is 4. The molecule has 28 heavy (non-hydrogen) atoms. The minimum Gasteiger partial charge on any atom is -0.468 e. The zero-order chi connectivity index (χ0) is 20.6. The molecule has 9 heteroatoms. The summed E-state index contributed by atoms with van der Waals surface area (Å²) < 4.78 is 9.68. The fraction of sp³-hybridized carbons (Fsp3) is 0.474. The third kappa shape index (κ3) is 10.9. The van der Waals surface area contributed by atoms with Gasteiger partial charge in [-0.1, -0.05) is 24.3 Å². The Morgan fingerprint density at radius 2 is 1.68 bits per heavy atom. The van der Waals surface area contributed by atoms with Crippen molar-refractivity contribution in [1.82, 2.24) is 16.0 Å². The molecule has 0 aliphatic carbocycles. The van der Waals surface area contributed by atoms with E-state index in [2.05, 4.69) is 20.7 Å². The molecular formula is C19H27N3O6. The average molecular weight is 393 g/mol. The van der Waals surface area contributed by atoms with Gasteiger partial charge in [0, 0.05) is 33.0 Å². The van der Waals surface area contributed by atoms with Crippen LogP contribution in [0.5, 0.6) is 0 Å². The average Bonchev–Trinajstić information content (AvgIpc) is 2.70. The van der Waals surface area contributed by atoms with E-state index >= 15 is 0 Å². The molecule has 1 rings (SSSR count). The molecule has 0 aromatic heterocycles. The summed E-state index contributed by atoms with van der Waals surface area (Å²) in [5.74, 6) is -0.513. The van der Waals surface area contributed by atoms with Crippen LogP contribution >= 0.6 is 0 Å². The van der Waals surface area contributed by atoms with Crippen molar-refractivity contribution in [2.24, 2.45) is 0 Å². The molecule has 0 bridgehead atoms. The first-order chi connectivity index (χ1) is 13.5. The number of hydrogen-bond acceptors (Lipinski definition) is 6. The van der Waals surface area contributed by atoms with Crippen LogP contribution in [0.2, 0.25) is 0 Å². The van der Waals surface area contributed by atoms with E-state index in [1.54, 1.807) is 7.05 Å². The third-order valence-electron chi connectivity index (χ3n) is 3.68. The van der Waals surface area contributed by atoms with Gasteiger partial charge < -0.3 is 25.4 Å². The van der Waals surface area contributed by atoms with Gasteiger partial charge in [-0.25, -0.2) is 0 Å². The Bertz CT molecular complexity index is 633. The molecule has 1 aromatic rings. The van der Waals surface area contributed by atoms with E-state index in [4.69, 9.17) is 4.74 Å². The summed E-state index contributed by atoms with van der Waals surface area (Å²) in [5.41, 5.74) is 1.74. The quantitative estimate of drug-likeness (QED) is 0.294. The van der Waals surface area contributed by atoms with Crippen LogP contribution in [0.3, 0.4) is 0 Å². The Balaban J connectivity index is 2.21. The van der Waals surface area contributed by atoms with Crippen molar-refractivity contribution in [1.29, 1.82) is 0 Å². The number of benzene rings is 1. The molecule has 1 aromatic carbocycles. The fourth-order valence-electron chi connectivity index (χ4n) is 2.17. The summed E-state index contributed by atoms with van der Waals surface area (Å²) in [6.07, 6.45) is 1.01. The van der Waals surface area contributed by atoms with E-state index in [-0.39, 0.29) is 43.8 Å². The van der Waals surface area contributed by atoms with Crippen LogP contribution in [0.4, 0.5) is 0 Å². The number of rotatable bonds is 14. The molecule has 0 spiro atoms. The molecule has 0 radical (unpaired) electrons. The van der Waals surface area contributed by atoms with Crippen LogP contribution < -0.4 is 16.0 Å². The van der Waals surface area contributed by atoms with E-state index in [9.17, 15) is 19.2 Å². The van der Waals surface area contributed by atoms with Gasteiger partial charge in [-0.3, -0.25) is 19.2 Å². The lowest BCUT2D eigenvalue weighted by atomic mass is 10.1. The summed E-state index contributed by atoms with van der Waals surface area (Å²) in [6.45, 7) is 1.57. The van der Waals surface area contributed by atoms with Crippen LogP contribution in [0.15, 0.2) is 24.3 Å². The fourth-order valence-corrected chi connectivity index (χ4v) is 2.17. The summed E-state index contributed by atoms with van der Waals surface area (Å²) >= 11 is 0. The van der Waals surface area contributed by atoms with Gasteiger partial charge in [0.15, 0.2) is 0 Å². The first kappa shape index (κ1) is 23.1. The van der Waals surface area contributed by atoms with Crippen molar-refractivity contribution in [3.63, 3.8) is 0 Å². The lowest BCUT2D eigenvalue weighted by Crippen LogP contribution is -2.30. The zero-order valence-corrected chi connectivity index (χ0v) is 16.0. The van der Waals surface area contributed by atoms with Crippen LogP contribution in [0.25, 0.3) is 0 Å². The van der Waals surface area contributed by atoms with Gasteiger partial charge in [-0.05, 0) is 11.1 Å². The largest absolute Gasteiger partial charge is 0.468 e. The third-order valence-corrected chi connectivity index (χ3v) is 3.68. The second kappa shape index (κ2) is 14.2. The Kier molecular flexibility index (Phi) is 11.7. The smallest absolute Gasteiger partial charge is 0.293 e. The molecule has 3 amide bonds. The number of hydrogen-bond donors (Lipinski definition) is 3. The predicted molar refractivity (Wildman–Crippen MR) is 101 cm³/mol. The van der Waals surface area contributed by atoms with Crippen molar-refractivity contribution in [3.8, 4) is 0 Å². The maximum absolute atomic E-state index is 11.8. The van der Waals surface area contributed by atoms with E-state index in [0.717, 1.165) is 11.1 Å². The van der Waals surface area contributed by atoms with E-state index in [0.29, 0.717) is 32.6 Å². The van der Waals surface area contributed by atoms with Crippen molar-refractivity contribution in [3.05, 3.63) is 35.4 Å². The molecule has 0 atom stereocenters. The molecule has 3 N–H and O–H groups in total. The van der Waals surface area contributed by atoms with Crippen LogP contribution in [0.1, 0.15) is 24.0 Å². The first-order valence-corrected chi connectivity index (χ1v) is 9.00. The predicted octanol–water partition coefficient (Wildman–Crippen LogP) is -0.323. The maximum atomic E-state index is 11.8. The van der Waals surface area contributed by atoms with Crippen molar-refractivity contribution in [2.45, 2.75) is 25.8 Å². The molecule has 9 nitrogen and oxygen atoms in total. The first-order valence-electron chi connectivity index (χ1n) is 9.00. The summed E-state index contributed by atoms with van der Waals surface area (Å²) in [5, 5.41) is 7.92. The minimum absolute atomic E-state index is 0.0601. The molecule has 0 unspecified atom stereocenters. The Hall–Kier alpha value is -2.94. The van der Waals surface area contributed by atoms with Crippen molar-refractivity contribution in [2.75, 3.05) is 33.4 Å². The highest BCUT2D eigenvalue weighted by Crippen LogP contribution is 2.05. The lowest BCUT2D eigenvalue weighted by molar-refractivity contribution is -0.130. The molecule has 0 aliphatic heterocycles. The zero-order valence-electron chi connectivity index (χ0n) is 16.0. The van der Waals surface area contributed by atoms with Gasteiger partial charge in [0.05, 0.1) is 19.6 Å². The molecule has 0 saturated heterocycles. The molecule has 154 valence electrons. The Morgan fingerprint density at radius 3 is 2.36 bits per heavy atom. The SMILES string of the molecule is CNC(=O)CCNC(=O)Cc1ccc(CNC(=O)COCCCOC=O)cc1. The van der Waals surface area contributed by atoms with Gasteiger partial charge in [0.25, 0.3) is 6.47 Å². The number of amides is 3. The molecule has 0 saturated carbocycles. The van der Waals surface area contributed by atoms with Gasteiger partial charge in [-0.15, -0.1) is 0 Å². The Labute approximate surface area is 164 Å². The molecule has 0 fully saturated rings. The molecule has 0 aliphatic rings. The van der Waals surface area contributed by atoms with Crippen LogP contribution in [-0.4, -0.2) is 57.6 Å². The monoisotopic (exact) mass is 393 g/mol. The van der Waals surface area contributed by atoms with E-state index < -0.39 is 0 Å². The Morgan fingerprint density at radius 1 is 0.964 bits per heavy atom. The van der Waals surface area contributed by atoms with Crippen LogP contribution in [-0.2, 0) is 41.6 Å². The van der Waals surface area contributed by atoms with E-state index in [1.807, 2.05) is 24.3 Å². The topological polar surface area (TPSA) is 123 Å². The van der Waals surface area contributed by atoms with E-state index in [1.165, 1.54) is 0 Å². The number of nitrogens with one attached hydrogen (secondary N) is 3. The lowest BCUT2D eigenvalue weighted by Gasteiger charge is -2.08.